The molecule has 2 heterocycles. The molecule has 1 aliphatic rings. The number of ether oxygens (including phenoxy) is 1. The van der Waals surface area contributed by atoms with Crippen LogP contribution in [-0.2, 0) is 6.42 Å². The van der Waals surface area contributed by atoms with E-state index in [9.17, 15) is 0 Å². The number of aryl methyl sites for hydroxylation is 1. The van der Waals surface area contributed by atoms with E-state index in [1.165, 1.54) is 16.7 Å². The highest BCUT2D eigenvalue weighted by atomic mass is 16.5. The molecule has 20 heavy (non-hydrogen) atoms. The molecule has 2 aromatic rings. The van der Waals surface area contributed by atoms with Gasteiger partial charge in [-0.15, -0.1) is 0 Å². The first-order valence-corrected chi connectivity index (χ1v) is 7.18. The van der Waals surface area contributed by atoms with Gasteiger partial charge < -0.3 is 10.1 Å². The molecule has 1 unspecified atom stereocenters. The minimum Gasteiger partial charge on any atom is -0.493 e. The Morgan fingerprint density at radius 3 is 2.85 bits per heavy atom. The summed E-state index contributed by atoms with van der Waals surface area (Å²) in [7, 11) is 2.00. The maximum Gasteiger partial charge on any atom is 0.122 e. The molecule has 1 atom stereocenters. The summed E-state index contributed by atoms with van der Waals surface area (Å²) in [5, 5.41) is 3.29. The number of nitrogens with zero attached hydrogens (tertiary/aromatic N) is 1. The van der Waals surface area contributed by atoms with Crippen molar-refractivity contribution < 1.29 is 4.74 Å². The quantitative estimate of drug-likeness (QED) is 0.926. The highest BCUT2D eigenvalue weighted by molar-refractivity contribution is 5.42. The summed E-state index contributed by atoms with van der Waals surface area (Å²) in [5.41, 5.74) is 3.98. The van der Waals surface area contributed by atoms with Crippen molar-refractivity contribution in [1.82, 2.24) is 10.3 Å². The number of benzene rings is 1. The summed E-state index contributed by atoms with van der Waals surface area (Å²) in [6.07, 6.45) is 5.95. The largest absolute Gasteiger partial charge is 0.493 e. The van der Waals surface area contributed by atoms with E-state index in [2.05, 4.69) is 40.6 Å². The Labute approximate surface area is 120 Å². The van der Waals surface area contributed by atoms with Gasteiger partial charge in [-0.1, -0.05) is 12.1 Å². The Morgan fingerprint density at radius 1 is 1.20 bits per heavy atom. The van der Waals surface area contributed by atoms with E-state index in [4.69, 9.17) is 4.74 Å². The smallest absolute Gasteiger partial charge is 0.122 e. The fourth-order valence-electron chi connectivity index (χ4n) is 2.83. The molecule has 1 N–H and O–H groups in total. The van der Waals surface area contributed by atoms with Crippen molar-refractivity contribution in [2.45, 2.75) is 18.8 Å². The van der Waals surface area contributed by atoms with E-state index in [-0.39, 0.29) is 0 Å². The Hall–Kier alpha value is -1.87. The highest BCUT2D eigenvalue weighted by Gasteiger charge is 2.17. The molecule has 0 saturated carbocycles. The van der Waals surface area contributed by atoms with Gasteiger partial charge in [0, 0.05) is 24.9 Å². The molecule has 0 aliphatic carbocycles. The maximum absolute atomic E-state index is 5.70. The van der Waals surface area contributed by atoms with Gasteiger partial charge in [0.1, 0.15) is 5.75 Å². The van der Waals surface area contributed by atoms with Crippen molar-refractivity contribution in [3.63, 3.8) is 0 Å². The third kappa shape index (κ3) is 2.68. The van der Waals surface area contributed by atoms with Crippen molar-refractivity contribution in [1.29, 1.82) is 0 Å². The fourth-order valence-corrected chi connectivity index (χ4v) is 2.83. The van der Waals surface area contributed by atoms with Crippen molar-refractivity contribution in [3.8, 4) is 5.75 Å². The van der Waals surface area contributed by atoms with Gasteiger partial charge in [-0.3, -0.25) is 4.98 Å². The predicted octanol–water partition coefficient (Wildman–Crippen LogP) is 2.76. The molecular weight excluding hydrogens is 248 g/mol. The summed E-state index contributed by atoms with van der Waals surface area (Å²) < 4.78 is 5.70. The molecule has 3 rings (SSSR count). The number of hydrogen-bond donors (Lipinski definition) is 1. The van der Waals surface area contributed by atoms with Gasteiger partial charge in [0.05, 0.1) is 6.61 Å². The molecule has 0 spiro atoms. The number of fused-ring (bicyclic) bond motifs is 1. The lowest BCUT2D eigenvalue weighted by Gasteiger charge is -2.22. The van der Waals surface area contributed by atoms with Crippen LogP contribution in [0.3, 0.4) is 0 Å². The third-order valence-electron chi connectivity index (χ3n) is 3.85. The van der Waals surface area contributed by atoms with Gasteiger partial charge in [-0.2, -0.15) is 0 Å². The van der Waals surface area contributed by atoms with E-state index in [0.29, 0.717) is 5.92 Å². The molecule has 3 nitrogen and oxygen atoms in total. The first kappa shape index (κ1) is 13.1. The Balaban J connectivity index is 1.95. The second kappa shape index (κ2) is 6.06. The average Bonchev–Trinajstić information content (AvgIpc) is 2.53. The summed E-state index contributed by atoms with van der Waals surface area (Å²) in [6.45, 7) is 1.76. The van der Waals surface area contributed by atoms with Gasteiger partial charge in [0.25, 0.3) is 0 Å². The van der Waals surface area contributed by atoms with Crippen LogP contribution in [0.1, 0.15) is 29.0 Å². The van der Waals surface area contributed by atoms with E-state index in [0.717, 1.165) is 31.7 Å². The number of aromatic nitrogens is 1. The molecule has 0 radical (unpaired) electrons. The standard InChI is InChI=1S/C17H20N2O/c1-18-12-16(13-6-8-19-9-7-13)14-4-5-17-15(11-14)3-2-10-20-17/h4-9,11,16,18H,2-3,10,12H2,1H3. The normalized spacial score (nSPS) is 15.2. The number of pyridine rings is 1. The number of rotatable bonds is 4. The van der Waals surface area contributed by atoms with Crippen LogP contribution >= 0.6 is 0 Å². The van der Waals surface area contributed by atoms with E-state index in [1.54, 1.807) is 0 Å². The van der Waals surface area contributed by atoms with E-state index in [1.807, 2.05) is 19.4 Å². The summed E-state index contributed by atoms with van der Waals surface area (Å²) >= 11 is 0. The molecule has 0 saturated heterocycles. The van der Waals surface area contributed by atoms with E-state index >= 15 is 0 Å². The Kier molecular flexibility index (Phi) is 3.97. The second-order valence-corrected chi connectivity index (χ2v) is 5.21. The van der Waals surface area contributed by atoms with Gasteiger partial charge in [-0.05, 0) is 54.8 Å². The van der Waals surface area contributed by atoms with Crippen LogP contribution in [0.15, 0.2) is 42.7 Å². The SMILES string of the molecule is CNCC(c1ccncc1)c1ccc2c(c1)CCCO2. The summed E-state index contributed by atoms with van der Waals surface area (Å²) in [6, 6.07) is 10.8. The highest BCUT2D eigenvalue weighted by Crippen LogP contribution is 2.31. The van der Waals surface area contributed by atoms with Crippen LogP contribution in [0.5, 0.6) is 5.75 Å². The van der Waals surface area contributed by atoms with Crippen molar-refractivity contribution in [3.05, 3.63) is 59.4 Å². The first-order chi connectivity index (χ1) is 9.88. The van der Waals surface area contributed by atoms with Crippen molar-refractivity contribution >= 4 is 0 Å². The lowest BCUT2D eigenvalue weighted by atomic mass is 9.89. The van der Waals surface area contributed by atoms with Crippen LogP contribution in [-0.4, -0.2) is 25.2 Å². The topological polar surface area (TPSA) is 34.2 Å². The van der Waals surface area contributed by atoms with E-state index < -0.39 is 0 Å². The number of nitrogens with one attached hydrogen (secondary N) is 1. The lowest BCUT2D eigenvalue weighted by Crippen LogP contribution is -2.19. The number of likely N-dealkylation sites (N-methyl/N-ethyl adjacent to an activating group) is 1. The van der Waals surface area contributed by atoms with Gasteiger partial charge >= 0.3 is 0 Å². The fraction of sp³-hybridized carbons (Fsp3) is 0.353. The molecule has 3 heteroatoms. The van der Waals surface area contributed by atoms with Crippen molar-refractivity contribution in [2.75, 3.05) is 20.2 Å². The van der Waals surface area contributed by atoms with Crippen LogP contribution < -0.4 is 10.1 Å². The first-order valence-electron chi connectivity index (χ1n) is 7.18. The third-order valence-corrected chi connectivity index (χ3v) is 3.85. The van der Waals surface area contributed by atoms with Crippen molar-refractivity contribution in [2.24, 2.45) is 0 Å². The van der Waals surface area contributed by atoms with Crippen LogP contribution in [0.25, 0.3) is 0 Å². The zero-order valence-electron chi connectivity index (χ0n) is 11.8. The van der Waals surface area contributed by atoms with Crippen LogP contribution in [0.2, 0.25) is 0 Å². The van der Waals surface area contributed by atoms with Gasteiger partial charge in [0.15, 0.2) is 0 Å². The molecular formula is C17H20N2O. The molecule has 0 bridgehead atoms. The predicted molar refractivity (Wildman–Crippen MR) is 80.3 cm³/mol. The molecule has 1 aromatic carbocycles. The van der Waals surface area contributed by atoms with Crippen LogP contribution in [0, 0.1) is 0 Å². The Morgan fingerprint density at radius 2 is 2.05 bits per heavy atom. The zero-order chi connectivity index (χ0) is 13.8. The molecule has 104 valence electrons. The molecule has 0 fully saturated rings. The minimum absolute atomic E-state index is 0.357. The maximum atomic E-state index is 5.70. The van der Waals surface area contributed by atoms with Gasteiger partial charge in [-0.25, -0.2) is 0 Å². The molecule has 0 amide bonds. The lowest BCUT2D eigenvalue weighted by molar-refractivity contribution is 0.288. The second-order valence-electron chi connectivity index (χ2n) is 5.21. The number of hydrogen-bond acceptors (Lipinski definition) is 3. The summed E-state index contributed by atoms with van der Waals surface area (Å²) in [5.74, 6) is 1.41. The van der Waals surface area contributed by atoms with Gasteiger partial charge in [0.2, 0.25) is 0 Å². The zero-order valence-corrected chi connectivity index (χ0v) is 11.8. The molecule has 1 aliphatic heterocycles. The minimum atomic E-state index is 0.357. The summed E-state index contributed by atoms with van der Waals surface area (Å²) in [4.78, 5) is 4.11. The Bertz CT molecular complexity index is 568. The average molecular weight is 268 g/mol. The monoisotopic (exact) mass is 268 g/mol. The van der Waals surface area contributed by atoms with Crippen LogP contribution in [0.4, 0.5) is 0 Å². The molecule has 1 aromatic heterocycles.